The third kappa shape index (κ3) is 5.94. The average Bonchev–Trinajstić information content (AvgIpc) is 3.26. The van der Waals surface area contributed by atoms with E-state index in [4.69, 9.17) is 21.1 Å². The van der Waals surface area contributed by atoms with Crippen LogP contribution in [0.5, 0.6) is 11.5 Å². The molecular formula is C25H22ClN3O3S. The smallest absolute Gasteiger partial charge is 0.196 e. The van der Waals surface area contributed by atoms with Gasteiger partial charge in [-0.05, 0) is 67.6 Å². The molecule has 4 aromatic rings. The average molecular weight is 480 g/mol. The Kier molecular flexibility index (Phi) is 7.65. The molecule has 168 valence electrons. The fourth-order valence-electron chi connectivity index (χ4n) is 3.12. The second kappa shape index (κ2) is 11.0. The van der Waals surface area contributed by atoms with Gasteiger partial charge in [0.1, 0.15) is 18.1 Å². The predicted octanol–water partition coefficient (Wildman–Crippen LogP) is 5.87. The van der Waals surface area contributed by atoms with Gasteiger partial charge in [-0.3, -0.25) is 9.36 Å². The van der Waals surface area contributed by atoms with Gasteiger partial charge in [-0.2, -0.15) is 0 Å². The van der Waals surface area contributed by atoms with Crippen molar-refractivity contribution in [3.8, 4) is 17.2 Å². The van der Waals surface area contributed by atoms with Crippen LogP contribution in [-0.4, -0.2) is 32.9 Å². The first kappa shape index (κ1) is 22.9. The van der Waals surface area contributed by atoms with E-state index < -0.39 is 0 Å². The number of Topliss-reactive ketones (excluding diaryl/α,β-unsaturated/α-hetero) is 1. The molecule has 0 fully saturated rings. The van der Waals surface area contributed by atoms with Crippen LogP contribution < -0.4 is 9.47 Å². The van der Waals surface area contributed by atoms with Crippen molar-refractivity contribution in [1.29, 1.82) is 0 Å². The quantitative estimate of drug-likeness (QED) is 0.209. The molecule has 1 heterocycles. The molecule has 0 aliphatic carbocycles. The molecule has 1 aromatic heterocycles. The molecule has 0 radical (unpaired) electrons. The molecule has 4 rings (SSSR count). The number of nitrogens with zero attached hydrogens (tertiary/aromatic N) is 3. The van der Waals surface area contributed by atoms with Crippen molar-refractivity contribution in [3.63, 3.8) is 0 Å². The van der Waals surface area contributed by atoms with E-state index in [0.29, 0.717) is 28.2 Å². The lowest BCUT2D eigenvalue weighted by molar-refractivity contribution is 0.102. The first-order valence-corrected chi connectivity index (χ1v) is 11.8. The van der Waals surface area contributed by atoms with Crippen LogP contribution in [0.3, 0.4) is 0 Å². The minimum absolute atomic E-state index is 0.0139. The van der Waals surface area contributed by atoms with Gasteiger partial charge in [-0.1, -0.05) is 41.6 Å². The van der Waals surface area contributed by atoms with E-state index in [1.807, 2.05) is 66.1 Å². The highest BCUT2D eigenvalue weighted by Gasteiger charge is 2.17. The lowest BCUT2D eigenvalue weighted by atomic mass is 10.1. The number of hydrogen-bond acceptors (Lipinski definition) is 6. The summed E-state index contributed by atoms with van der Waals surface area (Å²) in [4.78, 5) is 12.6. The second-order valence-corrected chi connectivity index (χ2v) is 8.36. The minimum Gasteiger partial charge on any atom is -0.494 e. The van der Waals surface area contributed by atoms with Crippen molar-refractivity contribution in [2.45, 2.75) is 18.7 Å². The Morgan fingerprint density at radius 1 is 0.909 bits per heavy atom. The molecule has 0 bridgehead atoms. The molecule has 3 aromatic carbocycles. The lowest BCUT2D eigenvalue weighted by Gasteiger charge is -2.12. The molecule has 0 aliphatic rings. The third-order valence-corrected chi connectivity index (χ3v) is 5.90. The largest absolute Gasteiger partial charge is 0.494 e. The fraction of sp³-hybridized carbons (Fsp3) is 0.160. The zero-order valence-corrected chi connectivity index (χ0v) is 19.6. The number of hydrogen-bond donors (Lipinski definition) is 0. The number of ether oxygens (including phenoxy) is 2. The monoisotopic (exact) mass is 479 g/mol. The minimum atomic E-state index is -0.0139. The maximum Gasteiger partial charge on any atom is 0.196 e. The Morgan fingerprint density at radius 2 is 1.61 bits per heavy atom. The Morgan fingerprint density at radius 3 is 2.30 bits per heavy atom. The molecule has 0 saturated heterocycles. The number of benzene rings is 3. The van der Waals surface area contributed by atoms with Gasteiger partial charge in [0, 0.05) is 16.3 Å². The first-order valence-electron chi connectivity index (χ1n) is 10.4. The number of ketones is 1. The molecular weight excluding hydrogens is 458 g/mol. The van der Waals surface area contributed by atoms with Gasteiger partial charge >= 0.3 is 0 Å². The highest BCUT2D eigenvalue weighted by atomic mass is 35.5. The number of carbonyl (C=O) groups is 1. The molecule has 33 heavy (non-hydrogen) atoms. The van der Waals surface area contributed by atoms with Gasteiger partial charge in [0.15, 0.2) is 16.8 Å². The number of rotatable bonds is 10. The molecule has 0 unspecified atom stereocenters. The van der Waals surface area contributed by atoms with E-state index in [0.717, 1.165) is 17.2 Å². The van der Waals surface area contributed by atoms with Crippen LogP contribution in [0.4, 0.5) is 0 Å². The Labute approximate surface area is 201 Å². The topological polar surface area (TPSA) is 66.2 Å². The molecule has 0 aliphatic heterocycles. The van der Waals surface area contributed by atoms with E-state index in [2.05, 4.69) is 10.2 Å². The summed E-state index contributed by atoms with van der Waals surface area (Å²) in [5, 5.41) is 9.87. The maximum atomic E-state index is 12.6. The van der Waals surface area contributed by atoms with Gasteiger partial charge in [-0.15, -0.1) is 10.2 Å². The van der Waals surface area contributed by atoms with Gasteiger partial charge in [0.25, 0.3) is 0 Å². The van der Waals surface area contributed by atoms with Crippen molar-refractivity contribution in [3.05, 3.63) is 95.3 Å². The molecule has 8 heteroatoms. The molecule has 0 N–H and O–H groups in total. The summed E-state index contributed by atoms with van der Waals surface area (Å²) in [5.74, 6) is 2.36. The van der Waals surface area contributed by atoms with Crippen LogP contribution >= 0.6 is 23.4 Å². The van der Waals surface area contributed by atoms with Crippen molar-refractivity contribution in [2.75, 3.05) is 12.4 Å². The normalized spacial score (nSPS) is 10.7. The number of para-hydroxylation sites is 1. The van der Waals surface area contributed by atoms with E-state index in [1.165, 1.54) is 11.8 Å². The highest BCUT2D eigenvalue weighted by Crippen LogP contribution is 2.25. The predicted molar refractivity (Wildman–Crippen MR) is 130 cm³/mol. The zero-order valence-electron chi connectivity index (χ0n) is 18.0. The highest BCUT2D eigenvalue weighted by molar-refractivity contribution is 7.99. The fourth-order valence-corrected chi connectivity index (χ4v) is 4.11. The Bertz CT molecular complexity index is 1200. The molecule has 6 nitrogen and oxygen atoms in total. The first-order chi connectivity index (χ1) is 16.1. The van der Waals surface area contributed by atoms with Gasteiger partial charge in [0.2, 0.25) is 0 Å². The molecule has 0 spiro atoms. The SMILES string of the molecule is CCOc1ccc(-n2c(COc3ccccc3)nnc2SCC(=O)c2ccc(Cl)cc2)cc1. The molecule has 0 amide bonds. The second-order valence-electron chi connectivity index (χ2n) is 6.98. The van der Waals surface area contributed by atoms with Gasteiger partial charge in [0.05, 0.1) is 12.4 Å². The van der Waals surface area contributed by atoms with Crippen molar-refractivity contribution >= 4 is 29.1 Å². The summed E-state index contributed by atoms with van der Waals surface area (Å²) < 4.78 is 13.4. The van der Waals surface area contributed by atoms with Crippen molar-refractivity contribution < 1.29 is 14.3 Å². The standard InChI is InChI=1S/C25H22ClN3O3S/c1-2-31-22-14-12-20(13-15-22)29-24(16-32-21-6-4-3-5-7-21)27-28-25(29)33-17-23(30)18-8-10-19(26)11-9-18/h3-15H,2,16-17H2,1H3. The molecule has 0 saturated carbocycles. The lowest BCUT2D eigenvalue weighted by Crippen LogP contribution is -2.08. The summed E-state index contributed by atoms with van der Waals surface area (Å²) in [6, 6.07) is 24.1. The Balaban J connectivity index is 1.56. The molecule has 0 atom stereocenters. The number of carbonyl (C=O) groups excluding carboxylic acids is 1. The zero-order chi connectivity index (χ0) is 23.0. The van der Waals surface area contributed by atoms with Crippen LogP contribution in [0.1, 0.15) is 23.1 Å². The maximum absolute atomic E-state index is 12.6. The third-order valence-electron chi connectivity index (χ3n) is 4.72. The Hall–Kier alpha value is -3.29. The summed E-state index contributed by atoms with van der Waals surface area (Å²) >= 11 is 7.25. The van der Waals surface area contributed by atoms with Gasteiger partial charge < -0.3 is 9.47 Å². The van der Waals surface area contributed by atoms with E-state index in [9.17, 15) is 4.79 Å². The number of halogens is 1. The van der Waals surface area contributed by atoms with Crippen LogP contribution in [0, 0.1) is 0 Å². The summed E-state index contributed by atoms with van der Waals surface area (Å²) in [5.41, 5.74) is 1.46. The van der Waals surface area contributed by atoms with Crippen molar-refractivity contribution in [1.82, 2.24) is 14.8 Å². The summed E-state index contributed by atoms with van der Waals surface area (Å²) in [6.45, 7) is 2.77. The van der Waals surface area contributed by atoms with E-state index >= 15 is 0 Å². The summed E-state index contributed by atoms with van der Waals surface area (Å²) in [6.07, 6.45) is 0. The summed E-state index contributed by atoms with van der Waals surface area (Å²) in [7, 11) is 0. The van der Waals surface area contributed by atoms with Crippen LogP contribution in [-0.2, 0) is 6.61 Å². The van der Waals surface area contributed by atoms with E-state index in [-0.39, 0.29) is 18.1 Å². The number of thioether (sulfide) groups is 1. The van der Waals surface area contributed by atoms with Gasteiger partial charge in [-0.25, -0.2) is 0 Å². The van der Waals surface area contributed by atoms with Crippen molar-refractivity contribution in [2.24, 2.45) is 0 Å². The van der Waals surface area contributed by atoms with E-state index in [1.54, 1.807) is 24.3 Å². The van der Waals surface area contributed by atoms with Crippen LogP contribution in [0.2, 0.25) is 5.02 Å². The van der Waals surface area contributed by atoms with Crippen LogP contribution in [0.15, 0.2) is 84.0 Å². The number of aromatic nitrogens is 3. The van der Waals surface area contributed by atoms with Crippen LogP contribution in [0.25, 0.3) is 5.69 Å².